The molecule has 2 N–H and O–H groups in total. The zero-order valence-corrected chi connectivity index (χ0v) is 9.88. The van der Waals surface area contributed by atoms with Crippen molar-refractivity contribution in [3.8, 4) is 0 Å². The van der Waals surface area contributed by atoms with E-state index in [2.05, 4.69) is 28.2 Å². The van der Waals surface area contributed by atoms with Crippen molar-refractivity contribution >= 4 is 16.6 Å². The molecule has 3 rings (SSSR count). The Bertz CT molecular complexity index is 687. The van der Waals surface area contributed by atoms with Crippen LogP contribution < -0.4 is 5.73 Å². The van der Waals surface area contributed by atoms with E-state index in [-0.39, 0.29) is 0 Å². The molecular weight excluding hydrogens is 222 g/mol. The van der Waals surface area contributed by atoms with Crippen LogP contribution in [0.4, 0.5) is 5.69 Å². The third kappa shape index (κ3) is 1.91. The fraction of sp³-hybridized carbons (Fsp3) is 0.0667. The van der Waals surface area contributed by atoms with Gasteiger partial charge in [0.05, 0.1) is 5.52 Å². The number of benzene rings is 1. The monoisotopic (exact) mass is 235 g/mol. The van der Waals surface area contributed by atoms with Gasteiger partial charge in [0.25, 0.3) is 0 Å². The van der Waals surface area contributed by atoms with Crippen LogP contribution in [0.1, 0.15) is 11.1 Å². The number of anilines is 1. The van der Waals surface area contributed by atoms with Gasteiger partial charge in [-0.3, -0.25) is 9.97 Å². The van der Waals surface area contributed by atoms with Crippen LogP contribution in [0.15, 0.2) is 55.0 Å². The molecule has 0 aliphatic rings. The van der Waals surface area contributed by atoms with Crippen molar-refractivity contribution in [3.63, 3.8) is 0 Å². The van der Waals surface area contributed by atoms with Crippen molar-refractivity contribution in [3.05, 3.63) is 66.1 Å². The molecule has 0 radical (unpaired) electrons. The van der Waals surface area contributed by atoms with Gasteiger partial charge in [-0.2, -0.15) is 0 Å². The van der Waals surface area contributed by atoms with Crippen molar-refractivity contribution in [2.75, 3.05) is 5.73 Å². The number of aromatic nitrogens is 2. The number of nitrogen functional groups attached to an aromatic ring is 1. The topological polar surface area (TPSA) is 51.8 Å². The summed E-state index contributed by atoms with van der Waals surface area (Å²) in [6, 6.07) is 12.0. The number of para-hydroxylation sites is 1. The molecule has 0 aliphatic carbocycles. The summed E-state index contributed by atoms with van der Waals surface area (Å²) in [7, 11) is 0. The van der Waals surface area contributed by atoms with Gasteiger partial charge in [-0.1, -0.05) is 24.3 Å². The summed E-state index contributed by atoms with van der Waals surface area (Å²) in [5.74, 6) is 0. The van der Waals surface area contributed by atoms with Crippen molar-refractivity contribution in [1.29, 1.82) is 0 Å². The Morgan fingerprint density at radius 1 is 0.944 bits per heavy atom. The Morgan fingerprint density at radius 3 is 2.72 bits per heavy atom. The quantitative estimate of drug-likeness (QED) is 0.743. The largest absolute Gasteiger partial charge is 0.398 e. The summed E-state index contributed by atoms with van der Waals surface area (Å²) in [5, 5.41) is 1.15. The highest BCUT2D eigenvalue weighted by Gasteiger charge is 2.05. The van der Waals surface area contributed by atoms with E-state index in [9.17, 15) is 0 Å². The molecule has 0 unspecified atom stereocenters. The van der Waals surface area contributed by atoms with E-state index in [1.807, 2.05) is 30.6 Å². The lowest BCUT2D eigenvalue weighted by Crippen LogP contribution is -1.97. The number of nitrogens with two attached hydrogens (primary N) is 1. The van der Waals surface area contributed by atoms with Gasteiger partial charge in [0.15, 0.2) is 0 Å². The number of hydrogen-bond donors (Lipinski definition) is 1. The van der Waals surface area contributed by atoms with E-state index in [1.165, 1.54) is 5.56 Å². The summed E-state index contributed by atoms with van der Waals surface area (Å²) in [6.45, 7) is 0. The van der Waals surface area contributed by atoms with Crippen LogP contribution in [0.2, 0.25) is 0 Å². The van der Waals surface area contributed by atoms with Crippen LogP contribution in [0.5, 0.6) is 0 Å². The molecule has 3 nitrogen and oxygen atoms in total. The average Bonchev–Trinajstić information content (AvgIpc) is 2.42. The molecule has 3 aromatic rings. The van der Waals surface area contributed by atoms with Gasteiger partial charge in [0.1, 0.15) is 0 Å². The van der Waals surface area contributed by atoms with E-state index in [0.717, 1.165) is 28.6 Å². The molecule has 2 heterocycles. The Morgan fingerprint density at radius 2 is 1.83 bits per heavy atom. The van der Waals surface area contributed by atoms with Gasteiger partial charge in [-0.05, 0) is 23.3 Å². The fourth-order valence-corrected chi connectivity index (χ4v) is 2.10. The van der Waals surface area contributed by atoms with E-state index in [1.54, 1.807) is 6.20 Å². The lowest BCUT2D eigenvalue weighted by atomic mass is 10.0. The second-order valence-corrected chi connectivity index (χ2v) is 4.24. The van der Waals surface area contributed by atoms with Gasteiger partial charge in [-0.25, -0.2) is 0 Å². The third-order valence-electron chi connectivity index (χ3n) is 3.04. The number of pyridine rings is 2. The van der Waals surface area contributed by atoms with Crippen molar-refractivity contribution < 1.29 is 0 Å². The minimum absolute atomic E-state index is 0.758. The SMILES string of the molecule is Nc1ccncc1Cc1cccc2cccnc12. The molecule has 0 saturated carbocycles. The van der Waals surface area contributed by atoms with Crippen LogP contribution in [0.25, 0.3) is 10.9 Å². The molecule has 0 aliphatic heterocycles. The van der Waals surface area contributed by atoms with Gasteiger partial charge >= 0.3 is 0 Å². The Hall–Kier alpha value is -2.42. The lowest BCUT2D eigenvalue weighted by molar-refractivity contribution is 1.15. The molecule has 0 amide bonds. The second kappa shape index (κ2) is 4.45. The molecule has 0 bridgehead atoms. The van der Waals surface area contributed by atoms with Crippen LogP contribution in [0.3, 0.4) is 0 Å². The van der Waals surface area contributed by atoms with E-state index in [4.69, 9.17) is 5.73 Å². The highest BCUT2D eigenvalue weighted by molar-refractivity contribution is 5.82. The van der Waals surface area contributed by atoms with Crippen LogP contribution >= 0.6 is 0 Å². The number of fused-ring (bicyclic) bond motifs is 1. The highest BCUT2D eigenvalue weighted by Crippen LogP contribution is 2.21. The van der Waals surface area contributed by atoms with Crippen molar-refractivity contribution in [1.82, 2.24) is 9.97 Å². The zero-order chi connectivity index (χ0) is 12.4. The van der Waals surface area contributed by atoms with Crippen LogP contribution in [0, 0.1) is 0 Å². The lowest BCUT2D eigenvalue weighted by Gasteiger charge is -2.07. The molecule has 3 heteroatoms. The standard InChI is InChI=1S/C15H13N3/c16-14-6-8-17-10-13(14)9-12-4-1-3-11-5-2-7-18-15(11)12/h1-8,10H,9H2,(H2,16,17). The predicted octanol–water partition coefficient (Wildman–Crippen LogP) is 2.80. The molecule has 0 fully saturated rings. The number of rotatable bonds is 2. The molecule has 2 aromatic heterocycles. The molecule has 1 aromatic carbocycles. The molecule has 18 heavy (non-hydrogen) atoms. The third-order valence-corrected chi connectivity index (χ3v) is 3.04. The number of nitrogens with zero attached hydrogens (tertiary/aromatic N) is 2. The zero-order valence-electron chi connectivity index (χ0n) is 9.88. The van der Waals surface area contributed by atoms with E-state index >= 15 is 0 Å². The van der Waals surface area contributed by atoms with Crippen molar-refractivity contribution in [2.45, 2.75) is 6.42 Å². The number of hydrogen-bond acceptors (Lipinski definition) is 3. The Kier molecular flexibility index (Phi) is 2.65. The molecule has 0 atom stereocenters. The normalized spacial score (nSPS) is 10.7. The minimum Gasteiger partial charge on any atom is -0.398 e. The summed E-state index contributed by atoms with van der Waals surface area (Å²) in [6.07, 6.45) is 6.10. The second-order valence-electron chi connectivity index (χ2n) is 4.24. The Labute approximate surface area is 105 Å². The fourth-order valence-electron chi connectivity index (χ4n) is 2.10. The smallest absolute Gasteiger partial charge is 0.0737 e. The van der Waals surface area contributed by atoms with E-state index < -0.39 is 0 Å². The van der Waals surface area contributed by atoms with Crippen LogP contribution in [-0.4, -0.2) is 9.97 Å². The average molecular weight is 235 g/mol. The molecule has 0 saturated heterocycles. The molecule has 0 spiro atoms. The van der Waals surface area contributed by atoms with Crippen LogP contribution in [-0.2, 0) is 6.42 Å². The first-order chi connectivity index (χ1) is 8.84. The summed E-state index contributed by atoms with van der Waals surface area (Å²) >= 11 is 0. The van der Waals surface area contributed by atoms with Gasteiger partial charge in [-0.15, -0.1) is 0 Å². The maximum atomic E-state index is 5.95. The maximum absolute atomic E-state index is 5.95. The van der Waals surface area contributed by atoms with Crippen molar-refractivity contribution in [2.24, 2.45) is 0 Å². The minimum atomic E-state index is 0.758. The first kappa shape index (κ1) is 10.7. The first-order valence-electron chi connectivity index (χ1n) is 5.85. The van der Waals surface area contributed by atoms with E-state index in [0.29, 0.717) is 0 Å². The maximum Gasteiger partial charge on any atom is 0.0737 e. The summed E-state index contributed by atoms with van der Waals surface area (Å²) in [5.41, 5.74) is 9.97. The molecule has 88 valence electrons. The highest BCUT2D eigenvalue weighted by atomic mass is 14.7. The molecular formula is C15H13N3. The first-order valence-corrected chi connectivity index (χ1v) is 5.85. The predicted molar refractivity (Wildman–Crippen MR) is 73.2 cm³/mol. The van der Waals surface area contributed by atoms with Gasteiger partial charge in [0, 0.05) is 36.1 Å². The Balaban J connectivity index is 2.08. The summed E-state index contributed by atoms with van der Waals surface area (Å²) in [4.78, 5) is 8.57. The summed E-state index contributed by atoms with van der Waals surface area (Å²) < 4.78 is 0. The van der Waals surface area contributed by atoms with Gasteiger partial charge < -0.3 is 5.73 Å². The van der Waals surface area contributed by atoms with Gasteiger partial charge in [0.2, 0.25) is 0 Å².